The summed E-state index contributed by atoms with van der Waals surface area (Å²) in [6, 6.07) is 11.5. The maximum Gasteiger partial charge on any atom is 0.202 e. The van der Waals surface area contributed by atoms with Crippen LogP contribution >= 0.6 is 15.9 Å². The number of carbonyl (C=O) groups is 1. The highest BCUT2D eigenvalue weighted by atomic mass is 79.9. The van der Waals surface area contributed by atoms with E-state index in [2.05, 4.69) is 15.9 Å². The first-order chi connectivity index (χ1) is 8.16. The second-order valence-corrected chi connectivity index (χ2v) is 4.67. The molecule has 0 radical (unpaired) electrons. The number of aromatic nitrogens is 1. The van der Waals surface area contributed by atoms with Crippen LogP contribution in [0.25, 0.3) is 6.08 Å². The minimum atomic E-state index is 0.0143. The van der Waals surface area contributed by atoms with Crippen molar-refractivity contribution in [2.24, 2.45) is 7.05 Å². The molecule has 0 N–H and O–H groups in total. The van der Waals surface area contributed by atoms with Gasteiger partial charge in [0.05, 0.1) is 5.69 Å². The van der Waals surface area contributed by atoms with Gasteiger partial charge in [-0.1, -0.05) is 34.1 Å². The number of nitrogens with zero attached hydrogens (tertiary/aromatic N) is 1. The number of aryl methyl sites for hydroxylation is 1. The Morgan fingerprint density at radius 1 is 1.24 bits per heavy atom. The maximum atomic E-state index is 11.8. The third kappa shape index (κ3) is 2.94. The van der Waals surface area contributed by atoms with E-state index in [1.807, 2.05) is 60.3 Å². The van der Waals surface area contributed by atoms with Gasteiger partial charge in [0.1, 0.15) is 0 Å². The smallest absolute Gasteiger partial charge is 0.202 e. The molecule has 1 aromatic carbocycles. The second-order valence-electron chi connectivity index (χ2n) is 3.75. The van der Waals surface area contributed by atoms with E-state index < -0.39 is 0 Å². The van der Waals surface area contributed by atoms with Crippen molar-refractivity contribution in [1.82, 2.24) is 4.57 Å². The molecule has 0 fully saturated rings. The van der Waals surface area contributed by atoms with Crippen molar-refractivity contribution < 1.29 is 4.79 Å². The summed E-state index contributed by atoms with van der Waals surface area (Å²) < 4.78 is 2.84. The van der Waals surface area contributed by atoms with Crippen LogP contribution in [-0.4, -0.2) is 10.4 Å². The van der Waals surface area contributed by atoms with Gasteiger partial charge in [-0.2, -0.15) is 0 Å². The van der Waals surface area contributed by atoms with E-state index in [0.29, 0.717) is 5.69 Å². The Kier molecular flexibility index (Phi) is 3.59. The molecule has 2 aromatic rings. The Morgan fingerprint density at radius 3 is 2.53 bits per heavy atom. The van der Waals surface area contributed by atoms with Gasteiger partial charge in [0, 0.05) is 17.7 Å². The van der Waals surface area contributed by atoms with Crippen LogP contribution in [0.15, 0.2) is 53.1 Å². The van der Waals surface area contributed by atoms with Crippen LogP contribution in [0.1, 0.15) is 16.1 Å². The van der Waals surface area contributed by atoms with E-state index in [1.165, 1.54) is 0 Å². The summed E-state index contributed by atoms with van der Waals surface area (Å²) in [5.74, 6) is 0.0143. The molecule has 0 aliphatic carbocycles. The van der Waals surface area contributed by atoms with Gasteiger partial charge >= 0.3 is 0 Å². The van der Waals surface area contributed by atoms with Gasteiger partial charge in [-0.05, 0) is 35.9 Å². The number of carbonyl (C=O) groups excluding carboxylic acids is 1. The van der Waals surface area contributed by atoms with Crippen LogP contribution in [0.4, 0.5) is 0 Å². The zero-order valence-electron chi connectivity index (χ0n) is 9.43. The highest BCUT2D eigenvalue weighted by molar-refractivity contribution is 9.10. The molecule has 2 rings (SSSR count). The Labute approximate surface area is 109 Å². The number of ketones is 1. The highest BCUT2D eigenvalue weighted by Crippen LogP contribution is 2.12. The third-order valence-corrected chi connectivity index (χ3v) is 3.02. The molecule has 86 valence electrons. The summed E-state index contributed by atoms with van der Waals surface area (Å²) in [6.45, 7) is 0. The summed E-state index contributed by atoms with van der Waals surface area (Å²) in [4.78, 5) is 11.8. The number of hydrogen-bond acceptors (Lipinski definition) is 1. The highest BCUT2D eigenvalue weighted by Gasteiger charge is 2.04. The Balaban J connectivity index is 2.14. The molecular formula is C14H12BrNO. The predicted octanol–water partition coefficient (Wildman–Crippen LogP) is 3.68. The van der Waals surface area contributed by atoms with Crippen molar-refractivity contribution in [3.63, 3.8) is 0 Å². The molecule has 3 heteroatoms. The zero-order valence-corrected chi connectivity index (χ0v) is 11.0. The minimum absolute atomic E-state index is 0.0143. The van der Waals surface area contributed by atoms with Gasteiger partial charge in [-0.25, -0.2) is 0 Å². The van der Waals surface area contributed by atoms with Crippen molar-refractivity contribution in [2.45, 2.75) is 0 Å². The summed E-state index contributed by atoms with van der Waals surface area (Å²) in [6.07, 6.45) is 5.28. The zero-order chi connectivity index (χ0) is 12.3. The van der Waals surface area contributed by atoms with Crippen LogP contribution in [0.5, 0.6) is 0 Å². The molecule has 0 saturated heterocycles. The standard InChI is InChI=1S/C14H12BrNO/c1-16-10-2-3-13(16)14(17)9-6-11-4-7-12(15)8-5-11/h2-10H,1H3/b9-6+. The van der Waals surface area contributed by atoms with Gasteiger partial charge in [-0.3, -0.25) is 4.79 Å². The molecule has 2 nitrogen and oxygen atoms in total. The van der Waals surface area contributed by atoms with E-state index in [9.17, 15) is 4.79 Å². The summed E-state index contributed by atoms with van der Waals surface area (Å²) >= 11 is 3.37. The second kappa shape index (κ2) is 5.15. The van der Waals surface area contributed by atoms with E-state index >= 15 is 0 Å². The SMILES string of the molecule is Cn1cccc1C(=O)/C=C/c1ccc(Br)cc1. The van der Waals surface area contributed by atoms with E-state index in [-0.39, 0.29) is 5.78 Å². The van der Waals surface area contributed by atoms with E-state index in [4.69, 9.17) is 0 Å². The van der Waals surface area contributed by atoms with E-state index in [0.717, 1.165) is 10.0 Å². The molecule has 0 atom stereocenters. The third-order valence-electron chi connectivity index (χ3n) is 2.49. The van der Waals surface area contributed by atoms with Gasteiger partial charge in [-0.15, -0.1) is 0 Å². The average molecular weight is 290 g/mol. The monoisotopic (exact) mass is 289 g/mol. The van der Waals surface area contributed by atoms with Crippen LogP contribution < -0.4 is 0 Å². The molecule has 0 amide bonds. The van der Waals surface area contributed by atoms with Gasteiger partial charge in [0.15, 0.2) is 0 Å². The number of benzene rings is 1. The molecule has 0 bridgehead atoms. The van der Waals surface area contributed by atoms with Crippen molar-refractivity contribution in [3.05, 3.63) is 64.4 Å². The summed E-state index contributed by atoms with van der Waals surface area (Å²) in [7, 11) is 1.86. The summed E-state index contributed by atoms with van der Waals surface area (Å²) in [5, 5.41) is 0. The largest absolute Gasteiger partial charge is 0.348 e. The molecule has 0 aliphatic rings. The van der Waals surface area contributed by atoms with Crippen molar-refractivity contribution >= 4 is 27.8 Å². The average Bonchev–Trinajstić information content (AvgIpc) is 2.74. The summed E-state index contributed by atoms with van der Waals surface area (Å²) in [5.41, 5.74) is 1.70. The van der Waals surface area contributed by atoms with Crippen LogP contribution in [0.3, 0.4) is 0 Å². The Hall–Kier alpha value is -1.61. The molecule has 0 spiro atoms. The van der Waals surface area contributed by atoms with Crippen LogP contribution in [0, 0.1) is 0 Å². The van der Waals surface area contributed by atoms with Crippen molar-refractivity contribution in [2.75, 3.05) is 0 Å². The lowest BCUT2D eigenvalue weighted by atomic mass is 10.2. The fraction of sp³-hybridized carbons (Fsp3) is 0.0714. The fourth-order valence-corrected chi connectivity index (χ4v) is 1.81. The molecular weight excluding hydrogens is 278 g/mol. The number of halogens is 1. The molecule has 17 heavy (non-hydrogen) atoms. The molecule has 1 heterocycles. The number of rotatable bonds is 3. The van der Waals surface area contributed by atoms with Crippen molar-refractivity contribution in [3.8, 4) is 0 Å². The number of allylic oxidation sites excluding steroid dienone is 1. The van der Waals surface area contributed by atoms with Crippen LogP contribution in [-0.2, 0) is 7.05 Å². The van der Waals surface area contributed by atoms with Gasteiger partial charge in [0.2, 0.25) is 5.78 Å². The lowest BCUT2D eigenvalue weighted by Crippen LogP contribution is -2.01. The minimum Gasteiger partial charge on any atom is -0.348 e. The quantitative estimate of drug-likeness (QED) is 0.624. The van der Waals surface area contributed by atoms with Crippen LogP contribution in [0.2, 0.25) is 0 Å². The molecule has 1 aromatic heterocycles. The van der Waals surface area contributed by atoms with Gasteiger partial charge in [0.25, 0.3) is 0 Å². The molecule has 0 unspecified atom stereocenters. The molecule has 0 aliphatic heterocycles. The first-order valence-corrected chi connectivity index (χ1v) is 6.05. The fourth-order valence-electron chi connectivity index (χ4n) is 1.55. The predicted molar refractivity (Wildman–Crippen MR) is 72.9 cm³/mol. The topological polar surface area (TPSA) is 22.0 Å². The molecule has 0 saturated carbocycles. The first-order valence-electron chi connectivity index (χ1n) is 5.26. The maximum absolute atomic E-state index is 11.8. The van der Waals surface area contributed by atoms with Gasteiger partial charge < -0.3 is 4.57 Å². The normalized spacial score (nSPS) is 10.9. The van der Waals surface area contributed by atoms with E-state index in [1.54, 1.807) is 6.08 Å². The Morgan fingerprint density at radius 2 is 1.94 bits per heavy atom. The Bertz CT molecular complexity index is 552. The number of hydrogen-bond donors (Lipinski definition) is 0. The lowest BCUT2D eigenvalue weighted by molar-refractivity contribution is 0.104. The lowest BCUT2D eigenvalue weighted by Gasteiger charge is -1.97. The van der Waals surface area contributed by atoms with Crippen molar-refractivity contribution in [1.29, 1.82) is 0 Å². The first kappa shape index (κ1) is 11.9.